The molecule has 1 saturated carbocycles. The van der Waals surface area contributed by atoms with Gasteiger partial charge >= 0.3 is 5.97 Å². The van der Waals surface area contributed by atoms with Crippen LogP contribution in [0.3, 0.4) is 0 Å². The van der Waals surface area contributed by atoms with Gasteiger partial charge < -0.3 is 10.8 Å². The van der Waals surface area contributed by atoms with Crippen molar-refractivity contribution in [3.8, 4) is 0 Å². The molecule has 0 aromatic carbocycles. The molecule has 3 nitrogen and oxygen atoms in total. The van der Waals surface area contributed by atoms with Gasteiger partial charge in [0.15, 0.2) is 0 Å². The molecular formula is C12H23NO2. The lowest BCUT2D eigenvalue weighted by Gasteiger charge is -2.32. The lowest BCUT2D eigenvalue weighted by Crippen LogP contribution is -2.35. The number of aliphatic carboxylic acids is 1. The fraction of sp³-hybridized carbons (Fsp3) is 0.917. The molecule has 1 rings (SSSR count). The van der Waals surface area contributed by atoms with Gasteiger partial charge in [-0.2, -0.15) is 0 Å². The highest BCUT2D eigenvalue weighted by atomic mass is 16.4. The molecule has 88 valence electrons. The molecule has 0 radical (unpaired) electrons. The zero-order valence-electron chi connectivity index (χ0n) is 9.78. The summed E-state index contributed by atoms with van der Waals surface area (Å²) in [6, 6.07) is -0.197. The Bertz CT molecular complexity index is 214. The third-order valence-electron chi connectivity index (χ3n) is 3.91. The molecule has 0 spiro atoms. The second-order valence-corrected chi connectivity index (χ2v) is 5.13. The fourth-order valence-electron chi connectivity index (χ4n) is 2.28. The van der Waals surface area contributed by atoms with Crippen LogP contribution in [0, 0.1) is 17.8 Å². The van der Waals surface area contributed by atoms with Gasteiger partial charge in [-0.05, 0) is 24.2 Å². The highest BCUT2D eigenvalue weighted by molar-refractivity contribution is 5.67. The molecule has 0 bridgehead atoms. The summed E-state index contributed by atoms with van der Waals surface area (Å²) >= 11 is 0. The van der Waals surface area contributed by atoms with E-state index in [9.17, 15) is 4.79 Å². The van der Waals surface area contributed by atoms with E-state index in [-0.39, 0.29) is 12.5 Å². The van der Waals surface area contributed by atoms with E-state index in [0.717, 1.165) is 5.92 Å². The van der Waals surface area contributed by atoms with Crippen molar-refractivity contribution in [1.82, 2.24) is 0 Å². The largest absolute Gasteiger partial charge is 0.481 e. The van der Waals surface area contributed by atoms with Gasteiger partial charge in [0.2, 0.25) is 0 Å². The van der Waals surface area contributed by atoms with Crippen LogP contribution in [0.5, 0.6) is 0 Å². The lowest BCUT2D eigenvalue weighted by atomic mass is 9.75. The van der Waals surface area contributed by atoms with Crippen molar-refractivity contribution in [2.75, 3.05) is 0 Å². The van der Waals surface area contributed by atoms with Gasteiger partial charge in [0.05, 0.1) is 6.42 Å². The molecule has 0 aromatic heterocycles. The molecule has 1 aliphatic rings. The molecule has 0 heterocycles. The SMILES string of the molecule is CC(CC1CCC1)C(C)C(N)CC(=O)O. The van der Waals surface area contributed by atoms with Gasteiger partial charge in [0.25, 0.3) is 0 Å². The summed E-state index contributed by atoms with van der Waals surface area (Å²) < 4.78 is 0. The monoisotopic (exact) mass is 213 g/mol. The zero-order valence-corrected chi connectivity index (χ0v) is 9.78. The first-order valence-electron chi connectivity index (χ1n) is 5.98. The summed E-state index contributed by atoms with van der Waals surface area (Å²) in [6.07, 6.45) is 5.38. The fourth-order valence-corrected chi connectivity index (χ4v) is 2.28. The summed E-state index contributed by atoms with van der Waals surface area (Å²) in [5.41, 5.74) is 5.87. The van der Waals surface area contributed by atoms with E-state index >= 15 is 0 Å². The van der Waals surface area contributed by atoms with Crippen LogP contribution in [-0.4, -0.2) is 17.1 Å². The first-order valence-corrected chi connectivity index (χ1v) is 5.98. The molecule has 3 unspecified atom stereocenters. The van der Waals surface area contributed by atoms with Gasteiger partial charge in [-0.25, -0.2) is 0 Å². The van der Waals surface area contributed by atoms with E-state index in [2.05, 4.69) is 13.8 Å². The van der Waals surface area contributed by atoms with Gasteiger partial charge in [0, 0.05) is 6.04 Å². The molecule has 3 atom stereocenters. The number of carboxylic acids is 1. The van der Waals surface area contributed by atoms with Crippen molar-refractivity contribution >= 4 is 5.97 Å². The summed E-state index contributed by atoms with van der Waals surface area (Å²) in [5, 5.41) is 8.67. The minimum absolute atomic E-state index is 0.0934. The molecule has 0 saturated heterocycles. The normalized spacial score (nSPS) is 22.9. The van der Waals surface area contributed by atoms with E-state index < -0.39 is 5.97 Å². The van der Waals surface area contributed by atoms with Crippen LogP contribution >= 0.6 is 0 Å². The van der Waals surface area contributed by atoms with E-state index in [0.29, 0.717) is 11.8 Å². The molecule has 0 amide bonds. The van der Waals surface area contributed by atoms with Crippen molar-refractivity contribution in [2.45, 2.75) is 52.0 Å². The number of hydrogen-bond donors (Lipinski definition) is 2. The maximum atomic E-state index is 10.5. The maximum absolute atomic E-state index is 10.5. The Kier molecular flexibility index (Phi) is 4.58. The van der Waals surface area contributed by atoms with Crippen molar-refractivity contribution in [3.63, 3.8) is 0 Å². The number of rotatable bonds is 6. The lowest BCUT2D eigenvalue weighted by molar-refractivity contribution is -0.137. The number of nitrogens with two attached hydrogens (primary N) is 1. The smallest absolute Gasteiger partial charge is 0.304 e. The Hall–Kier alpha value is -0.570. The van der Waals surface area contributed by atoms with Crippen LogP contribution in [0.25, 0.3) is 0 Å². The Morgan fingerprint density at radius 2 is 2.07 bits per heavy atom. The number of carboxylic acid groups (broad SMARTS) is 1. The topological polar surface area (TPSA) is 63.3 Å². The average Bonchev–Trinajstić information content (AvgIpc) is 2.08. The molecule has 0 aliphatic heterocycles. The second-order valence-electron chi connectivity index (χ2n) is 5.13. The second kappa shape index (κ2) is 5.50. The first kappa shape index (κ1) is 12.5. The maximum Gasteiger partial charge on any atom is 0.304 e. The van der Waals surface area contributed by atoms with Crippen LogP contribution in [0.15, 0.2) is 0 Å². The summed E-state index contributed by atoms with van der Waals surface area (Å²) in [6.45, 7) is 4.28. The number of hydrogen-bond acceptors (Lipinski definition) is 2. The molecule has 0 aromatic rings. The molecular weight excluding hydrogens is 190 g/mol. The summed E-state index contributed by atoms with van der Waals surface area (Å²) in [7, 11) is 0. The number of carbonyl (C=O) groups is 1. The molecule has 1 fully saturated rings. The first-order chi connectivity index (χ1) is 7.00. The summed E-state index contributed by atoms with van der Waals surface area (Å²) in [4.78, 5) is 10.5. The van der Waals surface area contributed by atoms with Gasteiger partial charge in [0.1, 0.15) is 0 Å². The predicted molar refractivity (Wildman–Crippen MR) is 60.5 cm³/mol. The van der Waals surface area contributed by atoms with Crippen LogP contribution < -0.4 is 5.73 Å². The Morgan fingerprint density at radius 1 is 1.47 bits per heavy atom. The predicted octanol–water partition coefficient (Wildman–Crippen LogP) is 2.25. The highest BCUT2D eigenvalue weighted by Crippen LogP contribution is 2.34. The van der Waals surface area contributed by atoms with Crippen LogP contribution in [0.4, 0.5) is 0 Å². The standard InChI is InChI=1S/C12H23NO2/c1-8(6-10-4-3-5-10)9(2)11(13)7-12(14)15/h8-11H,3-7,13H2,1-2H3,(H,14,15). The Labute approximate surface area is 92.0 Å². The van der Waals surface area contributed by atoms with Crippen molar-refractivity contribution in [3.05, 3.63) is 0 Å². The minimum atomic E-state index is -0.787. The van der Waals surface area contributed by atoms with E-state index in [1.165, 1.54) is 25.7 Å². The van der Waals surface area contributed by atoms with Crippen molar-refractivity contribution in [1.29, 1.82) is 0 Å². The Balaban J connectivity index is 2.29. The van der Waals surface area contributed by atoms with E-state index in [1.54, 1.807) is 0 Å². The zero-order chi connectivity index (χ0) is 11.4. The Morgan fingerprint density at radius 3 is 2.47 bits per heavy atom. The highest BCUT2D eigenvalue weighted by Gasteiger charge is 2.26. The molecule has 3 heteroatoms. The molecule has 15 heavy (non-hydrogen) atoms. The molecule has 1 aliphatic carbocycles. The summed E-state index contributed by atoms with van der Waals surface area (Å²) in [5.74, 6) is 0.941. The van der Waals surface area contributed by atoms with Gasteiger partial charge in [-0.1, -0.05) is 33.1 Å². The van der Waals surface area contributed by atoms with Gasteiger partial charge in [-0.3, -0.25) is 4.79 Å². The van der Waals surface area contributed by atoms with Gasteiger partial charge in [-0.15, -0.1) is 0 Å². The molecule has 3 N–H and O–H groups in total. The van der Waals surface area contributed by atoms with Crippen LogP contribution in [0.2, 0.25) is 0 Å². The van der Waals surface area contributed by atoms with Crippen LogP contribution in [-0.2, 0) is 4.79 Å². The van der Waals surface area contributed by atoms with Crippen molar-refractivity contribution in [2.24, 2.45) is 23.5 Å². The van der Waals surface area contributed by atoms with Crippen LogP contribution in [0.1, 0.15) is 46.0 Å². The third-order valence-corrected chi connectivity index (χ3v) is 3.91. The minimum Gasteiger partial charge on any atom is -0.481 e. The average molecular weight is 213 g/mol. The van der Waals surface area contributed by atoms with Crippen molar-refractivity contribution < 1.29 is 9.90 Å². The quantitative estimate of drug-likeness (QED) is 0.711. The van der Waals surface area contributed by atoms with E-state index in [1.807, 2.05) is 0 Å². The van der Waals surface area contributed by atoms with E-state index in [4.69, 9.17) is 10.8 Å². The third kappa shape index (κ3) is 3.82.